The van der Waals surface area contributed by atoms with Crippen LogP contribution in [0.2, 0.25) is 0 Å². The second kappa shape index (κ2) is 5.20. The molecule has 6 nitrogen and oxygen atoms in total. The van der Waals surface area contributed by atoms with Crippen molar-refractivity contribution in [3.05, 3.63) is 11.8 Å². The van der Waals surface area contributed by atoms with Gasteiger partial charge in [0.1, 0.15) is 5.56 Å². The van der Waals surface area contributed by atoms with E-state index < -0.39 is 0 Å². The molecule has 1 aromatic rings. The third kappa shape index (κ3) is 2.37. The Morgan fingerprint density at radius 1 is 1.39 bits per heavy atom. The van der Waals surface area contributed by atoms with Crippen molar-refractivity contribution >= 4 is 11.9 Å². The van der Waals surface area contributed by atoms with Crippen molar-refractivity contribution in [3.63, 3.8) is 0 Å². The zero-order chi connectivity index (χ0) is 13.1. The van der Waals surface area contributed by atoms with Crippen molar-refractivity contribution in [1.82, 2.24) is 14.9 Å². The predicted molar refractivity (Wildman–Crippen MR) is 68.0 cm³/mol. The summed E-state index contributed by atoms with van der Waals surface area (Å²) in [5.74, 6) is 0.824. The van der Waals surface area contributed by atoms with Crippen molar-refractivity contribution in [2.45, 2.75) is 12.8 Å². The molecule has 0 aliphatic carbocycles. The maximum Gasteiger partial charge on any atom is 0.260 e. The van der Waals surface area contributed by atoms with Gasteiger partial charge in [0.25, 0.3) is 5.91 Å². The highest BCUT2D eigenvalue weighted by atomic mass is 16.5. The van der Waals surface area contributed by atoms with Crippen LogP contribution in [0.5, 0.6) is 5.88 Å². The molecule has 18 heavy (non-hydrogen) atoms. The number of carbonyl (C=O) groups excluding carboxylic acids is 1. The van der Waals surface area contributed by atoms with E-state index in [1.54, 1.807) is 11.1 Å². The smallest absolute Gasteiger partial charge is 0.260 e. The van der Waals surface area contributed by atoms with E-state index in [1.807, 2.05) is 19.0 Å². The van der Waals surface area contributed by atoms with Crippen LogP contribution in [0.25, 0.3) is 0 Å². The molecule has 98 valence electrons. The lowest BCUT2D eigenvalue weighted by molar-refractivity contribution is 0.0788. The second-order valence-electron chi connectivity index (χ2n) is 4.49. The number of anilines is 1. The van der Waals surface area contributed by atoms with Crippen LogP contribution in [-0.2, 0) is 0 Å². The van der Waals surface area contributed by atoms with Gasteiger partial charge in [-0.2, -0.15) is 4.98 Å². The molecular formula is C12H18N4O2. The van der Waals surface area contributed by atoms with Gasteiger partial charge in [0.05, 0.1) is 7.11 Å². The van der Waals surface area contributed by atoms with E-state index in [1.165, 1.54) is 7.11 Å². The van der Waals surface area contributed by atoms with Crippen LogP contribution in [0.1, 0.15) is 23.2 Å². The topological polar surface area (TPSA) is 58.6 Å². The molecule has 1 amide bonds. The highest BCUT2D eigenvalue weighted by Gasteiger charge is 2.24. The van der Waals surface area contributed by atoms with Crippen molar-refractivity contribution in [2.75, 3.05) is 39.2 Å². The van der Waals surface area contributed by atoms with Gasteiger partial charge in [-0.25, -0.2) is 4.98 Å². The SMILES string of the molecule is COc1nc(N(C)C)ncc1C(=O)N1CCCC1. The van der Waals surface area contributed by atoms with Gasteiger partial charge in [0.15, 0.2) is 0 Å². The molecule has 0 unspecified atom stereocenters. The molecule has 1 aliphatic heterocycles. The Labute approximate surface area is 107 Å². The van der Waals surface area contributed by atoms with Crippen molar-refractivity contribution in [2.24, 2.45) is 0 Å². The Morgan fingerprint density at radius 2 is 2.06 bits per heavy atom. The van der Waals surface area contributed by atoms with Crippen molar-refractivity contribution in [3.8, 4) is 5.88 Å². The number of ether oxygens (including phenoxy) is 1. The van der Waals surface area contributed by atoms with Crippen LogP contribution in [0.4, 0.5) is 5.95 Å². The molecule has 1 aliphatic rings. The third-order valence-corrected chi connectivity index (χ3v) is 2.96. The lowest BCUT2D eigenvalue weighted by Gasteiger charge is -2.17. The fraction of sp³-hybridized carbons (Fsp3) is 0.583. The molecule has 0 saturated carbocycles. The molecule has 0 radical (unpaired) electrons. The molecule has 0 N–H and O–H groups in total. The van der Waals surface area contributed by atoms with Crippen LogP contribution in [-0.4, -0.2) is 55.1 Å². The average Bonchev–Trinajstić information content (AvgIpc) is 2.90. The predicted octanol–water partition coefficient (Wildman–Crippen LogP) is 0.787. The van der Waals surface area contributed by atoms with E-state index in [0.29, 0.717) is 17.4 Å². The first kappa shape index (κ1) is 12.6. The minimum absolute atomic E-state index is 0.0466. The zero-order valence-corrected chi connectivity index (χ0v) is 11.0. The van der Waals surface area contributed by atoms with E-state index >= 15 is 0 Å². The monoisotopic (exact) mass is 250 g/mol. The van der Waals surface area contributed by atoms with Gasteiger partial charge in [0, 0.05) is 33.4 Å². The van der Waals surface area contributed by atoms with E-state index in [0.717, 1.165) is 25.9 Å². The highest BCUT2D eigenvalue weighted by Crippen LogP contribution is 2.21. The average molecular weight is 250 g/mol. The summed E-state index contributed by atoms with van der Waals surface area (Å²) in [7, 11) is 5.20. The summed E-state index contributed by atoms with van der Waals surface area (Å²) >= 11 is 0. The first-order valence-electron chi connectivity index (χ1n) is 6.01. The van der Waals surface area contributed by atoms with Gasteiger partial charge in [-0.05, 0) is 12.8 Å². The molecule has 1 aromatic heterocycles. The van der Waals surface area contributed by atoms with Crippen LogP contribution < -0.4 is 9.64 Å². The van der Waals surface area contributed by atoms with Gasteiger partial charge in [-0.15, -0.1) is 0 Å². The van der Waals surface area contributed by atoms with Crippen LogP contribution >= 0.6 is 0 Å². The number of carbonyl (C=O) groups is 1. The number of nitrogens with zero attached hydrogens (tertiary/aromatic N) is 4. The molecule has 0 spiro atoms. The Hall–Kier alpha value is -1.85. The third-order valence-electron chi connectivity index (χ3n) is 2.96. The number of likely N-dealkylation sites (tertiary alicyclic amines) is 1. The molecule has 0 atom stereocenters. The van der Waals surface area contributed by atoms with Gasteiger partial charge < -0.3 is 14.5 Å². The molecule has 0 aromatic carbocycles. The largest absolute Gasteiger partial charge is 0.480 e. The Kier molecular flexibility index (Phi) is 3.64. The fourth-order valence-corrected chi connectivity index (χ4v) is 1.97. The van der Waals surface area contributed by atoms with Crippen LogP contribution in [0.15, 0.2) is 6.20 Å². The summed E-state index contributed by atoms with van der Waals surface area (Å²) in [4.78, 5) is 24.2. The summed E-state index contributed by atoms with van der Waals surface area (Å²) in [5.41, 5.74) is 0.435. The van der Waals surface area contributed by atoms with E-state index in [-0.39, 0.29) is 5.91 Å². The molecule has 1 fully saturated rings. The Morgan fingerprint density at radius 3 is 2.61 bits per heavy atom. The van der Waals surface area contributed by atoms with E-state index in [9.17, 15) is 4.79 Å². The first-order chi connectivity index (χ1) is 8.63. The zero-order valence-electron chi connectivity index (χ0n) is 11.0. The lowest BCUT2D eigenvalue weighted by atomic mass is 10.3. The number of hydrogen-bond acceptors (Lipinski definition) is 5. The molecular weight excluding hydrogens is 232 g/mol. The summed E-state index contributed by atoms with van der Waals surface area (Å²) in [5, 5.41) is 0. The lowest BCUT2D eigenvalue weighted by Crippen LogP contribution is -2.28. The Bertz CT molecular complexity index is 442. The summed E-state index contributed by atoms with van der Waals surface area (Å²) in [6, 6.07) is 0. The summed E-state index contributed by atoms with van der Waals surface area (Å²) in [6.45, 7) is 1.61. The fourth-order valence-electron chi connectivity index (χ4n) is 1.97. The number of rotatable bonds is 3. The maximum absolute atomic E-state index is 12.3. The number of hydrogen-bond donors (Lipinski definition) is 0. The summed E-state index contributed by atoms with van der Waals surface area (Å²) < 4.78 is 5.19. The van der Waals surface area contributed by atoms with Gasteiger partial charge in [0.2, 0.25) is 11.8 Å². The molecule has 2 heterocycles. The van der Waals surface area contributed by atoms with Crippen LogP contribution in [0.3, 0.4) is 0 Å². The standard InChI is InChI=1S/C12H18N4O2/c1-15(2)12-13-8-9(10(14-12)18-3)11(17)16-6-4-5-7-16/h8H,4-7H2,1-3H3. The Balaban J connectivity index is 2.29. The van der Waals surface area contributed by atoms with E-state index in [4.69, 9.17) is 4.74 Å². The number of aromatic nitrogens is 2. The minimum Gasteiger partial charge on any atom is -0.480 e. The van der Waals surface area contributed by atoms with Crippen LogP contribution in [0, 0.1) is 0 Å². The van der Waals surface area contributed by atoms with Gasteiger partial charge in [-0.1, -0.05) is 0 Å². The molecule has 6 heteroatoms. The quantitative estimate of drug-likeness (QED) is 0.793. The molecule has 2 rings (SSSR count). The second-order valence-corrected chi connectivity index (χ2v) is 4.49. The molecule has 0 bridgehead atoms. The van der Waals surface area contributed by atoms with Crippen molar-refractivity contribution < 1.29 is 9.53 Å². The van der Waals surface area contributed by atoms with Crippen molar-refractivity contribution in [1.29, 1.82) is 0 Å². The molecule has 1 saturated heterocycles. The van der Waals surface area contributed by atoms with Gasteiger partial charge in [-0.3, -0.25) is 4.79 Å². The number of amides is 1. The van der Waals surface area contributed by atoms with Gasteiger partial charge >= 0.3 is 0 Å². The van der Waals surface area contributed by atoms with E-state index in [2.05, 4.69) is 9.97 Å². The normalized spacial score (nSPS) is 14.7. The first-order valence-corrected chi connectivity index (χ1v) is 6.01. The maximum atomic E-state index is 12.3. The number of methoxy groups -OCH3 is 1. The highest BCUT2D eigenvalue weighted by molar-refractivity contribution is 5.96. The minimum atomic E-state index is -0.0466. The summed E-state index contributed by atoms with van der Waals surface area (Å²) in [6.07, 6.45) is 3.66.